The second kappa shape index (κ2) is 4.90. The number of rotatable bonds is 2. The molecule has 2 aromatic rings. The van der Waals surface area contributed by atoms with E-state index >= 15 is 0 Å². The molecular weight excluding hydrogens is 224 g/mol. The molecule has 0 aliphatic rings. The second-order valence-corrected chi connectivity index (χ2v) is 3.73. The molecule has 0 saturated carbocycles. The molecule has 86 valence electrons. The maximum Gasteiger partial charge on any atom is 0.101 e. The molecule has 0 aromatic heterocycles. The normalized spacial score (nSPS) is 9.22. The van der Waals surface area contributed by atoms with Crippen molar-refractivity contribution >= 4 is 17.1 Å². The molecule has 0 radical (unpaired) electrons. The first-order chi connectivity index (χ1) is 8.72. The maximum absolute atomic E-state index is 9.01. The molecule has 4 nitrogen and oxygen atoms in total. The van der Waals surface area contributed by atoms with Gasteiger partial charge in [0, 0.05) is 11.4 Å². The van der Waals surface area contributed by atoms with E-state index in [2.05, 4.69) is 17.5 Å². The van der Waals surface area contributed by atoms with Crippen molar-refractivity contribution in [3.63, 3.8) is 0 Å². The van der Waals surface area contributed by atoms with Crippen LogP contribution < -0.4 is 11.1 Å². The van der Waals surface area contributed by atoms with Crippen molar-refractivity contribution in [2.75, 3.05) is 11.1 Å². The topological polar surface area (TPSA) is 85.6 Å². The van der Waals surface area contributed by atoms with Crippen molar-refractivity contribution in [3.05, 3.63) is 53.6 Å². The number of benzene rings is 2. The number of nitriles is 2. The Kier molecular flexibility index (Phi) is 3.13. The Morgan fingerprint density at radius 2 is 1.67 bits per heavy atom. The van der Waals surface area contributed by atoms with Gasteiger partial charge in [0.05, 0.1) is 22.9 Å². The van der Waals surface area contributed by atoms with Crippen LogP contribution >= 0.6 is 0 Å². The number of hydrogen-bond donors (Lipinski definition) is 2. The minimum Gasteiger partial charge on any atom is -0.399 e. The largest absolute Gasteiger partial charge is 0.399 e. The molecular formula is C14H10N4. The number of anilines is 3. The third kappa shape index (κ3) is 2.40. The van der Waals surface area contributed by atoms with E-state index in [1.165, 1.54) is 0 Å². The molecule has 0 saturated heterocycles. The highest BCUT2D eigenvalue weighted by Crippen LogP contribution is 2.22. The molecule has 0 spiro atoms. The van der Waals surface area contributed by atoms with Gasteiger partial charge in [-0.25, -0.2) is 0 Å². The molecule has 2 aromatic carbocycles. The molecule has 2 rings (SSSR count). The van der Waals surface area contributed by atoms with E-state index in [1.54, 1.807) is 42.5 Å². The summed E-state index contributed by atoms with van der Waals surface area (Å²) in [5, 5.41) is 20.8. The van der Waals surface area contributed by atoms with E-state index in [0.717, 1.165) is 5.69 Å². The lowest BCUT2D eigenvalue weighted by Gasteiger charge is -2.08. The minimum absolute atomic E-state index is 0.486. The predicted octanol–water partition coefficient (Wildman–Crippen LogP) is 2.76. The van der Waals surface area contributed by atoms with Gasteiger partial charge in [0.25, 0.3) is 0 Å². The van der Waals surface area contributed by atoms with Gasteiger partial charge in [0.1, 0.15) is 6.07 Å². The van der Waals surface area contributed by atoms with Gasteiger partial charge in [-0.2, -0.15) is 10.5 Å². The van der Waals surface area contributed by atoms with Gasteiger partial charge in [-0.3, -0.25) is 0 Å². The van der Waals surface area contributed by atoms with E-state index in [9.17, 15) is 0 Å². The van der Waals surface area contributed by atoms with E-state index in [4.69, 9.17) is 16.3 Å². The molecule has 0 fully saturated rings. The van der Waals surface area contributed by atoms with Gasteiger partial charge in [0.15, 0.2) is 0 Å². The number of hydrogen-bond acceptors (Lipinski definition) is 4. The lowest BCUT2D eigenvalue weighted by molar-refractivity contribution is 1.45. The molecule has 0 aliphatic heterocycles. The Morgan fingerprint density at radius 3 is 2.28 bits per heavy atom. The maximum atomic E-state index is 9.01. The number of nitrogen functional groups attached to an aromatic ring is 1. The minimum atomic E-state index is 0.486. The Hall–Kier alpha value is -2.98. The first-order valence-electron chi connectivity index (χ1n) is 5.30. The first kappa shape index (κ1) is 11.5. The van der Waals surface area contributed by atoms with Crippen LogP contribution in [0.25, 0.3) is 0 Å². The number of nitrogens with zero attached hydrogens (tertiary/aromatic N) is 2. The van der Waals surface area contributed by atoms with Crippen LogP contribution in [0.2, 0.25) is 0 Å². The monoisotopic (exact) mass is 234 g/mol. The predicted molar refractivity (Wildman–Crippen MR) is 70.0 cm³/mol. The Bertz CT molecular complexity index is 645. The lowest BCUT2D eigenvalue weighted by Crippen LogP contribution is -1.95. The first-order valence-corrected chi connectivity index (χ1v) is 5.30. The Balaban J connectivity index is 2.29. The van der Waals surface area contributed by atoms with E-state index in [1.807, 2.05) is 0 Å². The third-order valence-corrected chi connectivity index (χ3v) is 2.46. The Morgan fingerprint density at radius 1 is 0.944 bits per heavy atom. The lowest BCUT2D eigenvalue weighted by atomic mass is 10.1. The molecule has 0 unspecified atom stereocenters. The summed E-state index contributed by atoms with van der Waals surface area (Å²) in [6, 6.07) is 16.2. The SMILES string of the molecule is N#Cc1ccc(Nc2ccc(N)cc2C#N)cc1. The molecule has 0 aliphatic carbocycles. The molecule has 3 N–H and O–H groups in total. The van der Waals surface area contributed by atoms with Gasteiger partial charge in [0.2, 0.25) is 0 Å². The highest BCUT2D eigenvalue weighted by atomic mass is 14.9. The van der Waals surface area contributed by atoms with Gasteiger partial charge >= 0.3 is 0 Å². The standard InChI is InChI=1S/C14H10N4/c15-8-10-1-4-13(5-2-10)18-14-6-3-12(17)7-11(14)9-16/h1-7,18H,17H2. The fourth-order valence-electron chi connectivity index (χ4n) is 1.55. The van der Waals surface area contributed by atoms with Crippen molar-refractivity contribution in [2.24, 2.45) is 0 Å². The average Bonchev–Trinajstić information content (AvgIpc) is 2.41. The molecule has 0 heterocycles. The van der Waals surface area contributed by atoms with Crippen LogP contribution in [-0.2, 0) is 0 Å². The van der Waals surface area contributed by atoms with Gasteiger partial charge < -0.3 is 11.1 Å². The fraction of sp³-hybridized carbons (Fsp3) is 0. The second-order valence-electron chi connectivity index (χ2n) is 3.73. The molecule has 0 bridgehead atoms. The van der Waals surface area contributed by atoms with E-state index < -0.39 is 0 Å². The van der Waals surface area contributed by atoms with E-state index in [0.29, 0.717) is 22.5 Å². The number of nitrogens with two attached hydrogens (primary N) is 1. The molecule has 0 atom stereocenters. The van der Waals surface area contributed by atoms with Crippen LogP contribution in [0.5, 0.6) is 0 Å². The van der Waals surface area contributed by atoms with Crippen molar-refractivity contribution in [1.82, 2.24) is 0 Å². The Labute approximate surface area is 105 Å². The summed E-state index contributed by atoms with van der Waals surface area (Å²) in [6.45, 7) is 0. The molecule has 18 heavy (non-hydrogen) atoms. The summed E-state index contributed by atoms with van der Waals surface area (Å²) < 4.78 is 0. The van der Waals surface area contributed by atoms with Gasteiger partial charge in [-0.05, 0) is 42.5 Å². The van der Waals surface area contributed by atoms with Crippen LogP contribution in [0.4, 0.5) is 17.1 Å². The zero-order valence-electron chi connectivity index (χ0n) is 9.51. The smallest absolute Gasteiger partial charge is 0.101 e. The molecule has 4 heteroatoms. The van der Waals surface area contributed by atoms with Gasteiger partial charge in [-0.15, -0.1) is 0 Å². The fourth-order valence-corrected chi connectivity index (χ4v) is 1.55. The summed E-state index contributed by atoms with van der Waals surface area (Å²) in [7, 11) is 0. The quantitative estimate of drug-likeness (QED) is 0.782. The summed E-state index contributed by atoms with van der Waals surface area (Å²) in [5.41, 5.74) is 8.76. The van der Waals surface area contributed by atoms with Crippen LogP contribution in [-0.4, -0.2) is 0 Å². The highest BCUT2D eigenvalue weighted by molar-refractivity contribution is 5.69. The van der Waals surface area contributed by atoms with Crippen molar-refractivity contribution in [3.8, 4) is 12.1 Å². The van der Waals surface area contributed by atoms with Crippen LogP contribution in [0.15, 0.2) is 42.5 Å². The summed E-state index contributed by atoms with van der Waals surface area (Å²) >= 11 is 0. The van der Waals surface area contributed by atoms with E-state index in [-0.39, 0.29) is 0 Å². The van der Waals surface area contributed by atoms with Crippen LogP contribution in [0, 0.1) is 22.7 Å². The summed E-state index contributed by atoms with van der Waals surface area (Å²) in [4.78, 5) is 0. The van der Waals surface area contributed by atoms with Crippen molar-refractivity contribution < 1.29 is 0 Å². The molecule has 0 amide bonds. The van der Waals surface area contributed by atoms with Crippen molar-refractivity contribution in [2.45, 2.75) is 0 Å². The van der Waals surface area contributed by atoms with Crippen LogP contribution in [0.1, 0.15) is 11.1 Å². The summed E-state index contributed by atoms with van der Waals surface area (Å²) in [5.74, 6) is 0. The average molecular weight is 234 g/mol. The van der Waals surface area contributed by atoms with Crippen LogP contribution in [0.3, 0.4) is 0 Å². The third-order valence-electron chi connectivity index (χ3n) is 2.46. The zero-order valence-corrected chi connectivity index (χ0v) is 9.51. The van der Waals surface area contributed by atoms with Crippen molar-refractivity contribution in [1.29, 1.82) is 10.5 Å². The zero-order chi connectivity index (χ0) is 13.0. The highest BCUT2D eigenvalue weighted by Gasteiger charge is 2.02. The summed E-state index contributed by atoms with van der Waals surface area (Å²) in [6.07, 6.45) is 0. The number of nitrogens with one attached hydrogen (secondary N) is 1. The van der Waals surface area contributed by atoms with Gasteiger partial charge in [-0.1, -0.05) is 0 Å².